The van der Waals surface area contributed by atoms with E-state index in [0.29, 0.717) is 19.4 Å². The second-order valence-corrected chi connectivity index (χ2v) is 8.34. The molecular formula is C19H29FN2O3. The Morgan fingerprint density at radius 3 is 2.12 bits per heavy atom. The van der Waals surface area contributed by atoms with Crippen LogP contribution in [0.25, 0.3) is 0 Å². The SMILES string of the molecule is NC(=O)N(CCCCCC=C(F)C(=O)O)C12CC3CC(CC(C3)C1)C2. The molecule has 5 nitrogen and oxygen atoms in total. The highest BCUT2D eigenvalue weighted by molar-refractivity contribution is 5.83. The highest BCUT2D eigenvalue weighted by Gasteiger charge is 2.54. The van der Waals surface area contributed by atoms with E-state index in [2.05, 4.69) is 0 Å². The average molecular weight is 352 g/mol. The van der Waals surface area contributed by atoms with Crippen molar-refractivity contribution in [3.05, 3.63) is 11.9 Å². The molecule has 0 aromatic rings. The molecule has 4 aliphatic carbocycles. The van der Waals surface area contributed by atoms with Gasteiger partial charge in [-0.2, -0.15) is 4.39 Å². The summed E-state index contributed by atoms with van der Waals surface area (Å²) in [7, 11) is 0. The number of primary amides is 1. The Hall–Kier alpha value is -1.59. The standard InChI is InChI=1S/C19H29FN2O3/c20-16(17(23)24)5-3-1-2-4-6-22(18(21)25)19-10-13-7-14(11-19)9-15(8-13)12-19/h5,13-15H,1-4,6-12H2,(H2,21,25)(H,23,24). The summed E-state index contributed by atoms with van der Waals surface area (Å²) >= 11 is 0. The number of carbonyl (C=O) groups is 2. The number of nitrogens with zero attached hydrogens (tertiary/aromatic N) is 1. The second kappa shape index (κ2) is 7.34. The first kappa shape index (κ1) is 18.2. The van der Waals surface area contributed by atoms with E-state index >= 15 is 0 Å². The lowest BCUT2D eigenvalue weighted by Gasteiger charge is -2.60. The smallest absolute Gasteiger partial charge is 0.364 e. The minimum atomic E-state index is -1.51. The van der Waals surface area contributed by atoms with E-state index in [-0.39, 0.29) is 11.6 Å². The van der Waals surface area contributed by atoms with E-state index in [1.165, 1.54) is 19.3 Å². The van der Waals surface area contributed by atoms with Gasteiger partial charge < -0.3 is 15.7 Å². The molecule has 140 valence electrons. The van der Waals surface area contributed by atoms with Gasteiger partial charge in [-0.3, -0.25) is 0 Å². The normalized spacial score (nSPS) is 33.5. The number of unbranched alkanes of at least 4 members (excludes halogenated alkanes) is 3. The third-order valence-electron chi connectivity index (χ3n) is 6.46. The van der Waals surface area contributed by atoms with Crippen LogP contribution in [0, 0.1) is 17.8 Å². The molecule has 4 saturated carbocycles. The van der Waals surface area contributed by atoms with Crippen LogP contribution >= 0.6 is 0 Å². The van der Waals surface area contributed by atoms with Crippen molar-refractivity contribution >= 4 is 12.0 Å². The van der Waals surface area contributed by atoms with E-state index in [4.69, 9.17) is 10.8 Å². The van der Waals surface area contributed by atoms with Gasteiger partial charge in [-0.15, -0.1) is 0 Å². The van der Waals surface area contributed by atoms with Crippen LogP contribution in [0.15, 0.2) is 11.9 Å². The van der Waals surface area contributed by atoms with Gasteiger partial charge in [0.2, 0.25) is 5.83 Å². The zero-order chi connectivity index (χ0) is 18.0. The fourth-order valence-corrected chi connectivity index (χ4v) is 5.88. The lowest BCUT2D eigenvalue weighted by molar-refractivity contribution is -0.134. The van der Waals surface area contributed by atoms with E-state index in [9.17, 15) is 14.0 Å². The average Bonchev–Trinajstić information content (AvgIpc) is 2.51. The van der Waals surface area contributed by atoms with Crippen molar-refractivity contribution in [3.8, 4) is 0 Å². The summed E-state index contributed by atoms with van der Waals surface area (Å²) in [6.45, 7) is 0.659. The molecule has 0 unspecified atom stereocenters. The molecule has 0 aliphatic heterocycles. The lowest BCUT2D eigenvalue weighted by Crippen LogP contribution is -2.62. The number of aliphatic carboxylic acids is 1. The number of carbonyl (C=O) groups excluding carboxylic acids is 1. The van der Waals surface area contributed by atoms with Gasteiger partial charge >= 0.3 is 12.0 Å². The van der Waals surface area contributed by atoms with Crippen LogP contribution < -0.4 is 5.73 Å². The minimum Gasteiger partial charge on any atom is -0.476 e. The molecule has 0 radical (unpaired) electrons. The van der Waals surface area contributed by atoms with Gasteiger partial charge in [0.05, 0.1) is 0 Å². The number of carboxylic acids is 1. The molecule has 0 atom stereocenters. The summed E-state index contributed by atoms with van der Waals surface area (Å²) in [5, 5.41) is 8.47. The van der Waals surface area contributed by atoms with Crippen molar-refractivity contribution in [2.45, 2.75) is 69.7 Å². The zero-order valence-corrected chi connectivity index (χ0v) is 14.8. The highest BCUT2D eigenvalue weighted by Crippen LogP contribution is 2.57. The van der Waals surface area contributed by atoms with Gasteiger partial charge in [-0.25, -0.2) is 9.59 Å². The Kier molecular flexibility index (Phi) is 5.35. The Bertz CT molecular complexity index is 526. The van der Waals surface area contributed by atoms with E-state index in [1.807, 2.05) is 4.90 Å². The quantitative estimate of drug-likeness (QED) is 0.514. The largest absolute Gasteiger partial charge is 0.476 e. The third kappa shape index (κ3) is 3.98. The fraction of sp³-hybridized carbons (Fsp3) is 0.789. The molecule has 6 heteroatoms. The number of amides is 2. The van der Waals surface area contributed by atoms with Crippen molar-refractivity contribution in [2.75, 3.05) is 6.54 Å². The topological polar surface area (TPSA) is 83.6 Å². The van der Waals surface area contributed by atoms with Crippen LogP contribution in [0.1, 0.15) is 64.2 Å². The fourth-order valence-electron chi connectivity index (χ4n) is 5.88. The van der Waals surface area contributed by atoms with Crippen molar-refractivity contribution in [1.82, 2.24) is 4.90 Å². The first-order valence-electron chi connectivity index (χ1n) is 9.55. The predicted molar refractivity (Wildman–Crippen MR) is 92.5 cm³/mol. The molecule has 0 spiro atoms. The van der Waals surface area contributed by atoms with E-state index < -0.39 is 11.8 Å². The van der Waals surface area contributed by atoms with Crippen LogP contribution in [0.4, 0.5) is 9.18 Å². The third-order valence-corrected chi connectivity index (χ3v) is 6.46. The summed E-state index contributed by atoms with van der Waals surface area (Å²) in [5.41, 5.74) is 5.72. The molecule has 0 heterocycles. The highest BCUT2D eigenvalue weighted by atomic mass is 19.1. The van der Waals surface area contributed by atoms with Gasteiger partial charge in [0.15, 0.2) is 0 Å². The summed E-state index contributed by atoms with van der Waals surface area (Å²) in [5.74, 6) is -0.319. The van der Waals surface area contributed by atoms with Crippen molar-refractivity contribution in [3.63, 3.8) is 0 Å². The number of halogens is 1. The molecular weight excluding hydrogens is 323 g/mol. The van der Waals surface area contributed by atoms with Crippen LogP contribution in [-0.4, -0.2) is 34.1 Å². The summed E-state index contributed by atoms with van der Waals surface area (Å²) in [4.78, 5) is 24.4. The molecule has 4 fully saturated rings. The molecule has 3 N–H and O–H groups in total. The summed E-state index contributed by atoms with van der Waals surface area (Å²) in [6.07, 6.45) is 11.2. The van der Waals surface area contributed by atoms with E-state index in [1.54, 1.807) is 0 Å². The number of nitrogens with two attached hydrogens (primary N) is 1. The predicted octanol–water partition coefficient (Wildman–Crippen LogP) is 3.83. The Labute approximate surface area is 148 Å². The van der Waals surface area contributed by atoms with Crippen LogP contribution in [0.5, 0.6) is 0 Å². The Morgan fingerprint density at radius 1 is 1.08 bits per heavy atom. The number of hydrogen-bond donors (Lipinski definition) is 2. The second-order valence-electron chi connectivity index (χ2n) is 8.34. The minimum absolute atomic E-state index is 0.0180. The zero-order valence-electron chi connectivity index (χ0n) is 14.8. The van der Waals surface area contributed by atoms with E-state index in [0.717, 1.165) is 55.9 Å². The van der Waals surface area contributed by atoms with Crippen LogP contribution in [-0.2, 0) is 4.79 Å². The summed E-state index contributed by atoms with van der Waals surface area (Å²) in [6, 6.07) is -0.307. The molecule has 0 saturated heterocycles. The first-order chi connectivity index (χ1) is 11.9. The van der Waals surface area contributed by atoms with Crippen molar-refractivity contribution in [1.29, 1.82) is 0 Å². The van der Waals surface area contributed by atoms with Crippen LogP contribution in [0.3, 0.4) is 0 Å². The van der Waals surface area contributed by atoms with Gasteiger partial charge in [-0.05, 0) is 81.6 Å². The molecule has 25 heavy (non-hydrogen) atoms. The summed E-state index contributed by atoms with van der Waals surface area (Å²) < 4.78 is 12.9. The first-order valence-corrected chi connectivity index (χ1v) is 9.55. The Balaban J connectivity index is 1.50. The number of urea groups is 1. The van der Waals surface area contributed by atoms with Gasteiger partial charge in [0.1, 0.15) is 0 Å². The molecule has 2 amide bonds. The van der Waals surface area contributed by atoms with Crippen molar-refractivity contribution in [2.24, 2.45) is 23.5 Å². The molecule has 4 rings (SSSR count). The molecule has 0 aromatic heterocycles. The maximum atomic E-state index is 12.9. The molecule has 4 aliphatic rings. The van der Waals surface area contributed by atoms with Gasteiger partial charge in [-0.1, -0.05) is 6.42 Å². The maximum Gasteiger partial charge on any atom is 0.364 e. The number of rotatable bonds is 8. The monoisotopic (exact) mass is 352 g/mol. The molecule has 0 aromatic carbocycles. The lowest BCUT2D eigenvalue weighted by atomic mass is 9.52. The Morgan fingerprint density at radius 2 is 1.64 bits per heavy atom. The number of allylic oxidation sites excluding steroid dienone is 1. The molecule has 4 bridgehead atoms. The number of carboxylic acid groups (broad SMARTS) is 1. The van der Waals surface area contributed by atoms with Crippen LogP contribution in [0.2, 0.25) is 0 Å². The maximum absolute atomic E-state index is 12.9. The van der Waals surface area contributed by atoms with Crippen molar-refractivity contribution < 1.29 is 19.1 Å². The van der Waals surface area contributed by atoms with Gasteiger partial charge in [0, 0.05) is 12.1 Å². The number of hydrogen-bond acceptors (Lipinski definition) is 2. The van der Waals surface area contributed by atoms with Gasteiger partial charge in [0.25, 0.3) is 0 Å².